The lowest BCUT2D eigenvalue weighted by atomic mass is 10.1. The second-order valence-electron chi connectivity index (χ2n) is 2.98. The van der Waals surface area contributed by atoms with E-state index in [-0.39, 0.29) is 5.69 Å². The smallest absolute Gasteiger partial charge is 0.290 e. The van der Waals surface area contributed by atoms with Crippen LogP contribution in [0.2, 0.25) is 0 Å². The van der Waals surface area contributed by atoms with Gasteiger partial charge in [0.2, 0.25) is 0 Å². The zero-order valence-corrected chi connectivity index (χ0v) is 5.98. The summed E-state index contributed by atoms with van der Waals surface area (Å²) in [5, 5.41) is 0. The maximum Gasteiger partial charge on any atom is 0.290 e. The molecule has 0 saturated heterocycles. The summed E-state index contributed by atoms with van der Waals surface area (Å²) in [7, 11) is 0. The summed E-state index contributed by atoms with van der Waals surface area (Å²) in [4.78, 5) is 2.55. The van der Waals surface area contributed by atoms with Crippen molar-refractivity contribution < 1.29 is 8.78 Å². The van der Waals surface area contributed by atoms with Crippen LogP contribution in [0.1, 0.15) is 18.5 Å². The molecule has 3 heteroatoms. The van der Waals surface area contributed by atoms with Crippen LogP contribution in [-0.2, 0) is 5.92 Å². The van der Waals surface area contributed by atoms with Gasteiger partial charge >= 0.3 is 0 Å². The van der Waals surface area contributed by atoms with Gasteiger partial charge in [0.1, 0.15) is 0 Å². The highest BCUT2D eigenvalue weighted by atomic mass is 19.3. The Balaban J connectivity index is 2.26. The molecular weight excluding hydrogens is 148 g/mol. The lowest BCUT2D eigenvalue weighted by Crippen LogP contribution is -2.16. The molecule has 1 aromatic rings. The van der Waals surface area contributed by atoms with Crippen LogP contribution in [0.25, 0.3) is 0 Å². The summed E-state index contributed by atoms with van der Waals surface area (Å²) in [5.41, 5.74) is 0.0556. The van der Waals surface area contributed by atoms with Crippen LogP contribution >= 0.6 is 0 Å². The first-order valence-electron chi connectivity index (χ1n) is 3.73. The number of alkyl halides is 2. The van der Waals surface area contributed by atoms with E-state index >= 15 is 0 Å². The number of aromatic amines is 1. The quantitative estimate of drug-likeness (QED) is 0.678. The summed E-state index contributed by atoms with van der Waals surface area (Å²) in [6, 6.07) is 3.05. The SMILES string of the molecule is FC(F)(c1ccc[nH]1)C1CC1. The molecule has 1 fully saturated rings. The molecule has 0 unspecified atom stereocenters. The molecule has 0 bridgehead atoms. The van der Waals surface area contributed by atoms with Gasteiger partial charge in [-0.1, -0.05) is 0 Å². The average Bonchev–Trinajstić information content (AvgIpc) is 2.66. The fourth-order valence-electron chi connectivity index (χ4n) is 1.20. The first-order valence-corrected chi connectivity index (χ1v) is 3.73. The predicted molar refractivity (Wildman–Crippen MR) is 37.4 cm³/mol. The number of hydrogen-bond acceptors (Lipinski definition) is 0. The van der Waals surface area contributed by atoms with E-state index < -0.39 is 11.8 Å². The van der Waals surface area contributed by atoms with Crippen LogP contribution in [-0.4, -0.2) is 4.98 Å². The second-order valence-corrected chi connectivity index (χ2v) is 2.98. The third-order valence-electron chi connectivity index (χ3n) is 2.05. The molecule has 1 aliphatic carbocycles. The molecule has 0 amide bonds. The van der Waals surface area contributed by atoms with Crippen LogP contribution in [0.5, 0.6) is 0 Å². The van der Waals surface area contributed by atoms with E-state index in [4.69, 9.17) is 0 Å². The first kappa shape index (κ1) is 6.83. The van der Waals surface area contributed by atoms with Crippen molar-refractivity contribution in [2.24, 2.45) is 5.92 Å². The van der Waals surface area contributed by atoms with Gasteiger partial charge in [-0.3, -0.25) is 0 Å². The molecule has 11 heavy (non-hydrogen) atoms. The first-order chi connectivity index (χ1) is 5.21. The van der Waals surface area contributed by atoms with Crippen LogP contribution in [0.15, 0.2) is 18.3 Å². The molecule has 0 radical (unpaired) electrons. The van der Waals surface area contributed by atoms with Crippen molar-refractivity contribution in [3.63, 3.8) is 0 Å². The summed E-state index contributed by atoms with van der Waals surface area (Å²) in [6.45, 7) is 0. The Morgan fingerprint density at radius 1 is 1.45 bits per heavy atom. The standard InChI is InChI=1S/C8H9F2N/c9-8(10,6-3-4-6)7-2-1-5-11-7/h1-2,5-6,11H,3-4H2. The monoisotopic (exact) mass is 157 g/mol. The number of rotatable bonds is 2. The Bertz CT molecular complexity index is 237. The van der Waals surface area contributed by atoms with E-state index in [9.17, 15) is 8.78 Å². The van der Waals surface area contributed by atoms with Gasteiger partial charge in [-0.05, 0) is 25.0 Å². The van der Waals surface area contributed by atoms with E-state index in [1.807, 2.05) is 0 Å². The number of aromatic nitrogens is 1. The minimum Gasteiger partial charge on any atom is -0.360 e. The van der Waals surface area contributed by atoms with Gasteiger partial charge in [-0.2, -0.15) is 8.78 Å². The molecule has 0 aliphatic heterocycles. The average molecular weight is 157 g/mol. The minimum absolute atomic E-state index is 0.0556. The molecule has 0 spiro atoms. The van der Waals surface area contributed by atoms with Gasteiger partial charge in [0.15, 0.2) is 0 Å². The zero-order valence-electron chi connectivity index (χ0n) is 5.98. The number of nitrogens with one attached hydrogen (secondary N) is 1. The number of H-pyrrole nitrogens is 1. The van der Waals surface area contributed by atoms with Crippen LogP contribution in [0, 0.1) is 5.92 Å². The van der Waals surface area contributed by atoms with Crippen molar-refractivity contribution in [1.82, 2.24) is 4.98 Å². The van der Waals surface area contributed by atoms with Crippen LogP contribution in [0.4, 0.5) is 8.78 Å². The highest BCUT2D eigenvalue weighted by molar-refractivity contribution is 5.13. The summed E-state index contributed by atoms with van der Waals surface area (Å²) in [6.07, 6.45) is 2.85. The third kappa shape index (κ3) is 1.04. The zero-order chi connectivity index (χ0) is 7.90. The van der Waals surface area contributed by atoms with Crippen molar-refractivity contribution >= 4 is 0 Å². The predicted octanol–water partition coefficient (Wildman–Crippen LogP) is 2.52. The Morgan fingerprint density at radius 3 is 2.64 bits per heavy atom. The second kappa shape index (κ2) is 2.06. The Kier molecular flexibility index (Phi) is 1.28. The highest BCUT2D eigenvalue weighted by Gasteiger charge is 2.48. The molecule has 0 atom stereocenters. The van der Waals surface area contributed by atoms with Crippen molar-refractivity contribution in [3.05, 3.63) is 24.0 Å². The lowest BCUT2D eigenvalue weighted by molar-refractivity contribution is -0.0323. The van der Waals surface area contributed by atoms with Gasteiger partial charge < -0.3 is 4.98 Å². The van der Waals surface area contributed by atoms with E-state index in [1.165, 1.54) is 12.3 Å². The van der Waals surface area contributed by atoms with E-state index in [1.54, 1.807) is 6.07 Å². The normalized spacial score (nSPS) is 18.7. The van der Waals surface area contributed by atoms with Gasteiger partial charge in [0.05, 0.1) is 5.69 Å². The molecule has 1 aliphatic rings. The summed E-state index contributed by atoms with van der Waals surface area (Å²) < 4.78 is 26.3. The Morgan fingerprint density at radius 2 is 2.18 bits per heavy atom. The van der Waals surface area contributed by atoms with Gasteiger partial charge in [-0.15, -0.1) is 0 Å². The minimum atomic E-state index is -2.62. The highest BCUT2D eigenvalue weighted by Crippen LogP contribution is 2.48. The fraction of sp³-hybridized carbons (Fsp3) is 0.500. The van der Waals surface area contributed by atoms with E-state index in [2.05, 4.69) is 4.98 Å². The molecule has 1 N–H and O–H groups in total. The molecule has 2 rings (SSSR count). The van der Waals surface area contributed by atoms with Gasteiger partial charge in [0, 0.05) is 12.1 Å². The topological polar surface area (TPSA) is 15.8 Å². The molecule has 1 nitrogen and oxygen atoms in total. The summed E-state index contributed by atoms with van der Waals surface area (Å²) >= 11 is 0. The maximum atomic E-state index is 13.1. The summed E-state index contributed by atoms with van der Waals surface area (Å²) in [5.74, 6) is -3.04. The number of halogens is 2. The van der Waals surface area contributed by atoms with E-state index in [0.29, 0.717) is 12.8 Å². The lowest BCUT2D eigenvalue weighted by Gasteiger charge is -2.12. The van der Waals surface area contributed by atoms with Crippen molar-refractivity contribution in [2.75, 3.05) is 0 Å². The molecule has 0 aromatic carbocycles. The molecule has 60 valence electrons. The fourth-order valence-corrected chi connectivity index (χ4v) is 1.20. The Labute approximate surface area is 63.4 Å². The van der Waals surface area contributed by atoms with Crippen molar-refractivity contribution in [2.45, 2.75) is 18.8 Å². The third-order valence-corrected chi connectivity index (χ3v) is 2.05. The molecular formula is C8H9F2N. The van der Waals surface area contributed by atoms with Crippen LogP contribution in [0.3, 0.4) is 0 Å². The molecule has 1 saturated carbocycles. The van der Waals surface area contributed by atoms with Crippen molar-refractivity contribution in [3.8, 4) is 0 Å². The van der Waals surface area contributed by atoms with Gasteiger partial charge in [0.25, 0.3) is 5.92 Å². The van der Waals surface area contributed by atoms with Crippen molar-refractivity contribution in [1.29, 1.82) is 0 Å². The maximum absolute atomic E-state index is 13.1. The largest absolute Gasteiger partial charge is 0.360 e. The Hall–Kier alpha value is -0.860. The van der Waals surface area contributed by atoms with E-state index in [0.717, 1.165) is 0 Å². The van der Waals surface area contributed by atoms with Gasteiger partial charge in [-0.25, -0.2) is 0 Å². The molecule has 1 heterocycles. The number of hydrogen-bond donors (Lipinski definition) is 1. The molecule has 1 aromatic heterocycles. The van der Waals surface area contributed by atoms with Crippen LogP contribution < -0.4 is 0 Å².